The molecule has 4 nitrogen and oxygen atoms in total. The lowest BCUT2D eigenvalue weighted by molar-refractivity contribution is -0.274. The van der Waals surface area contributed by atoms with Crippen LogP contribution in [0.15, 0.2) is 66.2 Å². The Hall–Kier alpha value is -4.05. The standard InChI is InChI=1S/C33H29F6NO3/c34-13-2-14-40-18-21(19-40)15-20-5-7-22(8-6-20)30-26-11-10-25(32(41)42)16-23(26)3-1-4-28(30)27-12-9-24(31(35)36)17-29(27)43-33(37,38)39/h5-12,15-17,31H,1-4,13-14,18-19H2,(H,41,42). The number of aryl methyl sites for hydroxylation is 1. The fourth-order valence-electron chi connectivity index (χ4n) is 5.70. The van der Waals surface area contributed by atoms with Gasteiger partial charge in [0.05, 0.1) is 12.2 Å². The van der Waals surface area contributed by atoms with Crippen molar-refractivity contribution in [3.05, 3.63) is 105 Å². The van der Waals surface area contributed by atoms with Gasteiger partial charge in [-0.3, -0.25) is 9.29 Å². The summed E-state index contributed by atoms with van der Waals surface area (Å²) in [4.78, 5) is 13.8. The summed E-state index contributed by atoms with van der Waals surface area (Å²) in [5, 5.41) is 9.55. The van der Waals surface area contributed by atoms with Gasteiger partial charge in [-0.25, -0.2) is 13.6 Å². The number of carboxylic acids is 1. The van der Waals surface area contributed by atoms with Crippen molar-refractivity contribution in [3.63, 3.8) is 0 Å². The van der Waals surface area contributed by atoms with Crippen molar-refractivity contribution in [2.45, 2.75) is 38.5 Å². The van der Waals surface area contributed by atoms with Crippen molar-refractivity contribution in [3.8, 4) is 5.75 Å². The minimum absolute atomic E-state index is 0.0425. The zero-order valence-electron chi connectivity index (χ0n) is 23.1. The van der Waals surface area contributed by atoms with Crippen molar-refractivity contribution < 1.29 is 41.0 Å². The fraction of sp³-hybridized carbons (Fsp3) is 0.303. The molecule has 1 aliphatic heterocycles. The van der Waals surface area contributed by atoms with Crippen LogP contribution in [0.5, 0.6) is 5.75 Å². The van der Waals surface area contributed by atoms with E-state index in [2.05, 4.69) is 9.64 Å². The first-order valence-electron chi connectivity index (χ1n) is 13.9. The molecule has 0 amide bonds. The Bertz CT molecular complexity index is 1550. The quantitative estimate of drug-likeness (QED) is 0.250. The first-order chi connectivity index (χ1) is 20.5. The Labute approximate surface area is 244 Å². The molecule has 0 saturated carbocycles. The first kappa shape index (κ1) is 30.4. The number of hydrogen-bond acceptors (Lipinski definition) is 3. The molecule has 0 unspecified atom stereocenters. The highest BCUT2D eigenvalue weighted by atomic mass is 19.4. The number of ether oxygens (including phenoxy) is 1. The van der Waals surface area contributed by atoms with E-state index in [1.807, 2.05) is 30.3 Å². The Morgan fingerprint density at radius 3 is 2.35 bits per heavy atom. The normalized spacial score (nSPS) is 15.7. The molecule has 1 aliphatic carbocycles. The zero-order valence-corrected chi connectivity index (χ0v) is 23.1. The van der Waals surface area contributed by atoms with Crippen LogP contribution in [0.25, 0.3) is 17.2 Å². The van der Waals surface area contributed by atoms with Crippen LogP contribution < -0.4 is 4.74 Å². The second-order valence-electron chi connectivity index (χ2n) is 10.7. The molecule has 0 spiro atoms. The van der Waals surface area contributed by atoms with Crippen molar-refractivity contribution in [2.75, 3.05) is 26.3 Å². The molecule has 0 bridgehead atoms. The smallest absolute Gasteiger partial charge is 0.478 e. The predicted molar refractivity (Wildman–Crippen MR) is 152 cm³/mol. The first-order valence-corrected chi connectivity index (χ1v) is 13.9. The van der Waals surface area contributed by atoms with Gasteiger partial charge in [0.1, 0.15) is 5.75 Å². The molecular weight excluding hydrogens is 572 g/mol. The minimum atomic E-state index is -5.10. The second-order valence-corrected chi connectivity index (χ2v) is 10.7. The third-order valence-electron chi connectivity index (χ3n) is 7.64. The number of nitrogens with zero attached hydrogens (tertiary/aromatic N) is 1. The number of aromatic carboxylic acids is 1. The molecule has 5 rings (SSSR count). The van der Waals surface area contributed by atoms with Crippen LogP contribution in [0.1, 0.15) is 69.4 Å². The Morgan fingerprint density at radius 2 is 1.70 bits per heavy atom. The van der Waals surface area contributed by atoms with Crippen molar-refractivity contribution in [2.24, 2.45) is 0 Å². The number of benzene rings is 3. The van der Waals surface area contributed by atoms with E-state index in [1.165, 1.54) is 17.7 Å². The molecule has 1 saturated heterocycles. The lowest BCUT2D eigenvalue weighted by Crippen LogP contribution is -2.40. The van der Waals surface area contributed by atoms with E-state index in [4.69, 9.17) is 0 Å². The number of carboxylic acid groups (broad SMARTS) is 1. The summed E-state index contributed by atoms with van der Waals surface area (Å²) in [6.07, 6.45) is -4.30. The highest BCUT2D eigenvalue weighted by Gasteiger charge is 2.34. The summed E-state index contributed by atoms with van der Waals surface area (Å²) >= 11 is 0. The van der Waals surface area contributed by atoms with E-state index in [0.29, 0.717) is 54.5 Å². The second kappa shape index (κ2) is 12.7. The molecule has 43 heavy (non-hydrogen) atoms. The van der Waals surface area contributed by atoms with Crippen LogP contribution in [0, 0.1) is 0 Å². The van der Waals surface area contributed by atoms with E-state index in [1.54, 1.807) is 12.1 Å². The lowest BCUT2D eigenvalue weighted by Gasteiger charge is -2.33. The third-order valence-corrected chi connectivity index (χ3v) is 7.64. The van der Waals surface area contributed by atoms with Gasteiger partial charge in [-0.05, 0) is 82.9 Å². The number of fused-ring (bicyclic) bond motifs is 1. The van der Waals surface area contributed by atoms with Gasteiger partial charge in [0, 0.05) is 30.8 Å². The molecule has 1 N–H and O–H groups in total. The van der Waals surface area contributed by atoms with E-state index in [0.717, 1.165) is 36.3 Å². The van der Waals surface area contributed by atoms with E-state index in [9.17, 15) is 36.2 Å². The summed E-state index contributed by atoms with van der Waals surface area (Å²) in [6.45, 7) is 1.86. The van der Waals surface area contributed by atoms with Crippen LogP contribution in [0.2, 0.25) is 0 Å². The minimum Gasteiger partial charge on any atom is -0.478 e. The molecule has 3 aromatic rings. The predicted octanol–water partition coefficient (Wildman–Crippen LogP) is 8.58. The Balaban J connectivity index is 1.62. The topological polar surface area (TPSA) is 49.8 Å². The zero-order chi connectivity index (χ0) is 30.7. The number of allylic oxidation sites excluding steroid dienone is 1. The number of rotatable bonds is 9. The molecule has 2 aliphatic rings. The average molecular weight is 602 g/mol. The lowest BCUT2D eigenvalue weighted by atomic mass is 9.86. The summed E-state index contributed by atoms with van der Waals surface area (Å²) in [5.41, 5.74) is 4.77. The summed E-state index contributed by atoms with van der Waals surface area (Å²) in [6, 6.07) is 15.2. The summed E-state index contributed by atoms with van der Waals surface area (Å²) in [7, 11) is 0. The maximum atomic E-state index is 13.5. The van der Waals surface area contributed by atoms with Gasteiger partial charge >= 0.3 is 12.3 Å². The van der Waals surface area contributed by atoms with Gasteiger partial charge in [-0.1, -0.05) is 48.5 Å². The molecule has 0 radical (unpaired) electrons. The van der Waals surface area contributed by atoms with Gasteiger partial charge in [-0.15, -0.1) is 13.2 Å². The van der Waals surface area contributed by atoms with E-state index in [-0.39, 0.29) is 17.8 Å². The van der Waals surface area contributed by atoms with Gasteiger partial charge in [0.2, 0.25) is 0 Å². The van der Waals surface area contributed by atoms with Crippen molar-refractivity contribution >= 4 is 23.2 Å². The van der Waals surface area contributed by atoms with Crippen LogP contribution in [0.4, 0.5) is 26.3 Å². The average Bonchev–Trinajstić information content (AvgIpc) is 3.12. The van der Waals surface area contributed by atoms with Crippen molar-refractivity contribution in [1.29, 1.82) is 0 Å². The number of likely N-dealkylation sites (tertiary alicyclic amines) is 1. The molecule has 226 valence electrons. The molecule has 1 heterocycles. The van der Waals surface area contributed by atoms with Crippen LogP contribution in [-0.4, -0.2) is 48.6 Å². The SMILES string of the molecule is O=C(O)c1ccc2c(c1)CCCC(c1ccc(C(F)F)cc1OC(F)(F)F)=C2c1ccc(C=C2CN(CCCF)C2)cc1. The molecule has 0 aromatic heterocycles. The monoisotopic (exact) mass is 601 g/mol. The van der Waals surface area contributed by atoms with Gasteiger partial charge in [0.15, 0.2) is 0 Å². The van der Waals surface area contributed by atoms with Gasteiger partial charge in [-0.2, -0.15) is 0 Å². The van der Waals surface area contributed by atoms with Crippen molar-refractivity contribution in [1.82, 2.24) is 4.90 Å². The number of carbonyl (C=O) groups is 1. The van der Waals surface area contributed by atoms with E-state index >= 15 is 0 Å². The van der Waals surface area contributed by atoms with Crippen LogP contribution in [-0.2, 0) is 6.42 Å². The number of alkyl halides is 6. The number of hydrogen-bond donors (Lipinski definition) is 1. The maximum Gasteiger partial charge on any atom is 0.573 e. The van der Waals surface area contributed by atoms with Crippen LogP contribution in [0.3, 0.4) is 0 Å². The Morgan fingerprint density at radius 1 is 0.977 bits per heavy atom. The van der Waals surface area contributed by atoms with Gasteiger partial charge < -0.3 is 9.84 Å². The number of halogens is 6. The highest BCUT2D eigenvalue weighted by Crippen LogP contribution is 2.44. The molecule has 3 aromatic carbocycles. The molecule has 1 fully saturated rings. The summed E-state index contributed by atoms with van der Waals surface area (Å²) in [5.74, 6) is -1.81. The van der Waals surface area contributed by atoms with Gasteiger partial charge in [0.25, 0.3) is 6.43 Å². The Kier molecular flexibility index (Phi) is 8.96. The third kappa shape index (κ3) is 7.13. The molecule has 10 heteroatoms. The molecular formula is C33H29F6NO3. The highest BCUT2D eigenvalue weighted by molar-refractivity contribution is 6.01. The largest absolute Gasteiger partial charge is 0.573 e. The summed E-state index contributed by atoms with van der Waals surface area (Å²) < 4.78 is 84.0. The maximum absolute atomic E-state index is 13.5. The molecule has 0 atom stereocenters. The van der Waals surface area contributed by atoms with Crippen LogP contribution >= 0.6 is 0 Å². The fourth-order valence-corrected chi connectivity index (χ4v) is 5.70. The van der Waals surface area contributed by atoms with E-state index < -0.39 is 30.1 Å².